The van der Waals surface area contributed by atoms with E-state index in [1.165, 1.54) is 6.07 Å². The van der Waals surface area contributed by atoms with Crippen molar-refractivity contribution < 1.29 is 38.2 Å². The number of halogens is 2. The molecule has 1 unspecified atom stereocenters. The number of aliphatic hydroxyl groups is 2. The monoisotopic (exact) mass is 828 g/mol. The molecule has 0 radical (unpaired) electrons. The van der Waals surface area contributed by atoms with Crippen molar-refractivity contribution in [2.75, 3.05) is 56.4 Å². The number of hydrogen-bond acceptors (Lipinski definition) is 11. The summed E-state index contributed by atoms with van der Waals surface area (Å²) in [6.45, 7) is 3.70. The number of hydrogen-bond donors (Lipinski definition) is 5. The second-order valence-electron chi connectivity index (χ2n) is 17.3. The Bertz CT molecular complexity index is 2080. The SMILES string of the molecule is O=C1CCC(Nc2ccc(C3CCN(CC4(O)CCN(C(=O)[C@H]5CC[C@H](Nc6ncc(F)c(-c7cccc(C(=O)N8CC[C@H](O)C8)c7)n6)CC5)CC4)CC3)c(F)c2)C(=O)N1. The molecule has 320 valence electrons. The van der Waals surface area contributed by atoms with Crippen molar-refractivity contribution >= 4 is 35.3 Å². The van der Waals surface area contributed by atoms with Crippen LogP contribution in [0.3, 0.4) is 0 Å². The topological polar surface area (TPSA) is 180 Å². The summed E-state index contributed by atoms with van der Waals surface area (Å²) < 4.78 is 30.3. The Labute approximate surface area is 348 Å². The average molecular weight is 829 g/mol. The Morgan fingerprint density at radius 3 is 2.33 bits per heavy atom. The number of benzene rings is 2. The van der Waals surface area contributed by atoms with Crippen LogP contribution in [0.25, 0.3) is 11.3 Å². The zero-order valence-corrected chi connectivity index (χ0v) is 33.8. The van der Waals surface area contributed by atoms with E-state index in [9.17, 15) is 33.8 Å². The van der Waals surface area contributed by atoms with E-state index in [0.29, 0.717) is 87.1 Å². The van der Waals surface area contributed by atoms with Crippen molar-refractivity contribution in [2.45, 2.75) is 100 Å². The predicted molar refractivity (Wildman–Crippen MR) is 219 cm³/mol. The van der Waals surface area contributed by atoms with Gasteiger partial charge < -0.3 is 35.5 Å². The van der Waals surface area contributed by atoms with Gasteiger partial charge in [0.05, 0.1) is 17.9 Å². The fourth-order valence-electron chi connectivity index (χ4n) is 9.57. The van der Waals surface area contributed by atoms with Gasteiger partial charge in [-0.05, 0) is 113 Å². The van der Waals surface area contributed by atoms with E-state index in [2.05, 4.69) is 30.8 Å². The van der Waals surface area contributed by atoms with E-state index >= 15 is 4.39 Å². The second kappa shape index (κ2) is 17.9. The van der Waals surface area contributed by atoms with Gasteiger partial charge in [0.2, 0.25) is 23.7 Å². The Kier molecular flexibility index (Phi) is 12.4. The maximum Gasteiger partial charge on any atom is 0.253 e. The van der Waals surface area contributed by atoms with Crippen LogP contribution >= 0.6 is 0 Å². The summed E-state index contributed by atoms with van der Waals surface area (Å²) in [6.07, 6.45) is 7.05. The van der Waals surface area contributed by atoms with Gasteiger partial charge in [-0.1, -0.05) is 18.2 Å². The fourth-order valence-corrected chi connectivity index (χ4v) is 9.57. The third-order valence-electron chi connectivity index (χ3n) is 13.1. The third kappa shape index (κ3) is 9.60. The van der Waals surface area contributed by atoms with Crippen molar-refractivity contribution in [3.05, 3.63) is 71.4 Å². The van der Waals surface area contributed by atoms with E-state index in [4.69, 9.17) is 0 Å². The molecule has 4 amide bonds. The van der Waals surface area contributed by atoms with Crippen LogP contribution in [-0.4, -0.2) is 128 Å². The van der Waals surface area contributed by atoms with Gasteiger partial charge in [-0.15, -0.1) is 0 Å². The smallest absolute Gasteiger partial charge is 0.253 e. The zero-order chi connectivity index (χ0) is 42.0. The first kappa shape index (κ1) is 41.7. The summed E-state index contributed by atoms with van der Waals surface area (Å²) >= 11 is 0. The van der Waals surface area contributed by atoms with E-state index in [-0.39, 0.29) is 66.0 Å². The highest BCUT2D eigenvalue weighted by atomic mass is 19.1. The van der Waals surface area contributed by atoms with Gasteiger partial charge in [-0.2, -0.15) is 0 Å². The maximum absolute atomic E-state index is 15.3. The van der Waals surface area contributed by atoms with Crippen LogP contribution in [0.1, 0.15) is 92.5 Å². The van der Waals surface area contributed by atoms with Crippen molar-refractivity contribution in [1.29, 1.82) is 0 Å². The second-order valence-corrected chi connectivity index (χ2v) is 17.3. The summed E-state index contributed by atoms with van der Waals surface area (Å²) in [4.78, 5) is 64.5. The van der Waals surface area contributed by atoms with Gasteiger partial charge in [0.25, 0.3) is 5.91 Å². The number of likely N-dealkylation sites (tertiary alicyclic amines) is 3. The predicted octanol–water partition coefficient (Wildman–Crippen LogP) is 4.05. The third-order valence-corrected chi connectivity index (χ3v) is 13.1. The van der Waals surface area contributed by atoms with Crippen LogP contribution in [0.4, 0.5) is 20.4 Å². The molecule has 8 rings (SSSR count). The van der Waals surface area contributed by atoms with E-state index in [1.54, 1.807) is 41.3 Å². The lowest BCUT2D eigenvalue weighted by molar-refractivity contribution is -0.141. The average Bonchev–Trinajstić information content (AvgIpc) is 3.69. The van der Waals surface area contributed by atoms with Gasteiger partial charge in [0.1, 0.15) is 17.6 Å². The number of nitrogens with one attached hydrogen (secondary N) is 3. The number of aliphatic hydroxyl groups excluding tert-OH is 1. The molecule has 4 aliphatic heterocycles. The number of nitrogens with zero attached hydrogens (tertiary/aromatic N) is 5. The number of rotatable bonds is 10. The number of β-amino-alcohol motifs (C(OH)–C–C–N with tert-alkyl or cyclic N) is 2. The minimum Gasteiger partial charge on any atom is -0.391 e. The molecule has 2 atom stereocenters. The van der Waals surface area contributed by atoms with Crippen LogP contribution in [0.2, 0.25) is 0 Å². The summed E-state index contributed by atoms with van der Waals surface area (Å²) in [7, 11) is 0. The highest BCUT2D eigenvalue weighted by molar-refractivity contribution is 6.01. The summed E-state index contributed by atoms with van der Waals surface area (Å²) in [5, 5.41) is 30.1. The minimum absolute atomic E-state index is 0.00955. The largest absolute Gasteiger partial charge is 0.391 e. The molecule has 4 saturated heterocycles. The van der Waals surface area contributed by atoms with E-state index in [0.717, 1.165) is 45.0 Å². The number of aromatic nitrogens is 2. The molecule has 3 aromatic rings. The molecular formula is C44H54F2N8O6. The Balaban J connectivity index is 0.768. The lowest BCUT2D eigenvalue weighted by atomic mass is 9.83. The van der Waals surface area contributed by atoms with Gasteiger partial charge in [0, 0.05) is 67.9 Å². The molecule has 1 aliphatic carbocycles. The Hall–Kier alpha value is -5.06. The first-order valence-electron chi connectivity index (χ1n) is 21.4. The molecule has 16 heteroatoms. The maximum atomic E-state index is 15.3. The van der Waals surface area contributed by atoms with Crippen LogP contribution in [0.15, 0.2) is 48.7 Å². The van der Waals surface area contributed by atoms with Gasteiger partial charge in [-0.25, -0.2) is 18.7 Å². The molecule has 0 bridgehead atoms. The number of imide groups is 1. The zero-order valence-electron chi connectivity index (χ0n) is 33.8. The van der Waals surface area contributed by atoms with Gasteiger partial charge in [-0.3, -0.25) is 24.5 Å². The lowest BCUT2D eigenvalue weighted by Gasteiger charge is -2.43. The highest BCUT2D eigenvalue weighted by Crippen LogP contribution is 2.35. The first-order valence-corrected chi connectivity index (χ1v) is 21.4. The van der Waals surface area contributed by atoms with E-state index in [1.807, 2.05) is 4.90 Å². The lowest BCUT2D eigenvalue weighted by Crippen LogP contribution is -2.54. The molecule has 60 heavy (non-hydrogen) atoms. The molecule has 0 spiro atoms. The molecule has 5 heterocycles. The summed E-state index contributed by atoms with van der Waals surface area (Å²) in [5.74, 6) is -1.51. The molecule has 5 aliphatic rings. The van der Waals surface area contributed by atoms with Gasteiger partial charge in [0.15, 0.2) is 5.82 Å². The van der Waals surface area contributed by atoms with Crippen molar-refractivity contribution in [1.82, 2.24) is 30.0 Å². The van der Waals surface area contributed by atoms with Crippen LogP contribution < -0.4 is 16.0 Å². The first-order chi connectivity index (χ1) is 28.9. The molecule has 5 N–H and O–H groups in total. The molecule has 2 aromatic carbocycles. The molecule has 1 saturated carbocycles. The van der Waals surface area contributed by atoms with Gasteiger partial charge >= 0.3 is 0 Å². The van der Waals surface area contributed by atoms with Crippen LogP contribution in [0.5, 0.6) is 0 Å². The molecule has 14 nitrogen and oxygen atoms in total. The molecule has 5 fully saturated rings. The van der Waals surface area contributed by atoms with Crippen LogP contribution in [-0.2, 0) is 14.4 Å². The number of carbonyl (C=O) groups is 4. The normalized spacial score (nSPS) is 25.2. The molecular weight excluding hydrogens is 775 g/mol. The summed E-state index contributed by atoms with van der Waals surface area (Å²) in [6, 6.07) is 11.1. The quantitative estimate of drug-likeness (QED) is 0.186. The van der Waals surface area contributed by atoms with Crippen molar-refractivity contribution in [3.8, 4) is 11.3 Å². The fraction of sp³-hybridized carbons (Fsp3) is 0.545. The number of carbonyl (C=O) groups excluding carboxylic acids is 4. The molecule has 1 aromatic heterocycles. The summed E-state index contributed by atoms with van der Waals surface area (Å²) in [5.41, 5.74) is 1.18. The van der Waals surface area contributed by atoms with Crippen molar-refractivity contribution in [3.63, 3.8) is 0 Å². The Morgan fingerprint density at radius 2 is 1.63 bits per heavy atom. The number of amides is 4. The standard InChI is InChI=1S/C44H54F2N8O6/c45-35-23-32(48-37-10-11-38(56)50-40(37)57)8-9-34(35)27-12-17-52(18-13-27)26-44(60)15-20-53(21-16-44)41(58)28-4-6-31(7-5-28)49-43-47-24-36(46)39(51-43)29-2-1-3-30(22-29)42(59)54-19-14-33(55)25-54/h1-3,8-9,22-24,27-28,31,33,37,48,55,60H,4-7,10-21,25-26H2,(H,47,49,51)(H,50,56,57)/t28-,31-,33-,37?/m0/s1. The number of anilines is 2. The minimum atomic E-state index is -0.901. The van der Waals surface area contributed by atoms with Crippen molar-refractivity contribution in [2.24, 2.45) is 5.92 Å². The Morgan fingerprint density at radius 1 is 0.867 bits per heavy atom. The van der Waals surface area contributed by atoms with Crippen LogP contribution in [0, 0.1) is 17.6 Å². The van der Waals surface area contributed by atoms with E-state index < -0.39 is 29.5 Å². The number of piperidine rings is 3. The highest BCUT2D eigenvalue weighted by Gasteiger charge is 2.39.